The van der Waals surface area contributed by atoms with Gasteiger partial charge in [0.25, 0.3) is 0 Å². The molecule has 0 bridgehead atoms. The van der Waals surface area contributed by atoms with E-state index in [1.54, 1.807) is 0 Å². The Morgan fingerprint density at radius 3 is 2.40 bits per heavy atom. The summed E-state index contributed by atoms with van der Waals surface area (Å²) < 4.78 is 6.94. The van der Waals surface area contributed by atoms with Crippen molar-refractivity contribution in [3.63, 3.8) is 0 Å². The van der Waals surface area contributed by atoms with Crippen molar-refractivity contribution in [2.24, 2.45) is 5.73 Å². The monoisotopic (exact) mass is 341 g/mol. The summed E-state index contributed by atoms with van der Waals surface area (Å²) in [5, 5.41) is 0. The van der Waals surface area contributed by atoms with Crippen molar-refractivity contribution < 1.29 is 4.74 Å². The molecule has 0 saturated heterocycles. The maximum Gasteiger partial charge on any atom is 0.125 e. The van der Waals surface area contributed by atoms with Gasteiger partial charge in [-0.15, -0.1) is 0 Å². The van der Waals surface area contributed by atoms with Crippen LogP contribution in [0.4, 0.5) is 0 Å². The smallest absolute Gasteiger partial charge is 0.125 e. The fourth-order valence-corrected chi connectivity index (χ4v) is 2.59. The molecule has 0 radical (unpaired) electrons. The van der Waals surface area contributed by atoms with Crippen LogP contribution < -0.4 is 10.5 Å². The summed E-state index contributed by atoms with van der Waals surface area (Å²) in [6, 6.07) is 6.07. The molecular weight excluding hydrogens is 314 g/mol. The molecule has 0 amide bonds. The fourth-order valence-electron chi connectivity index (χ4n) is 2.25. The molecule has 0 aliphatic rings. The van der Waals surface area contributed by atoms with Crippen LogP contribution in [0, 0.1) is 0 Å². The lowest BCUT2D eigenvalue weighted by Gasteiger charge is -2.14. The van der Waals surface area contributed by atoms with Gasteiger partial charge < -0.3 is 10.5 Å². The Morgan fingerprint density at radius 2 is 1.75 bits per heavy atom. The molecule has 0 aromatic heterocycles. The molecule has 114 valence electrons. The quantitative estimate of drug-likeness (QED) is 0.562. The van der Waals surface area contributed by atoms with E-state index in [2.05, 4.69) is 22.9 Å². The van der Waals surface area contributed by atoms with Crippen LogP contribution in [0.3, 0.4) is 0 Å². The van der Waals surface area contributed by atoms with E-state index in [9.17, 15) is 0 Å². The number of unbranched alkanes of at least 4 members (excludes halogenated alkanes) is 6. The molecule has 2 N–H and O–H groups in total. The zero-order valence-corrected chi connectivity index (χ0v) is 14.4. The summed E-state index contributed by atoms with van der Waals surface area (Å²) >= 11 is 3.48. The Morgan fingerprint density at radius 1 is 1.10 bits per heavy atom. The summed E-state index contributed by atoms with van der Waals surface area (Å²) in [4.78, 5) is 0. The van der Waals surface area contributed by atoms with Crippen LogP contribution in [-0.2, 0) is 0 Å². The van der Waals surface area contributed by atoms with Crippen LogP contribution >= 0.6 is 15.9 Å². The zero-order chi connectivity index (χ0) is 14.8. The van der Waals surface area contributed by atoms with Gasteiger partial charge in [-0.05, 0) is 25.5 Å². The van der Waals surface area contributed by atoms with Gasteiger partial charge in [-0.2, -0.15) is 0 Å². The molecule has 1 aromatic carbocycles. The number of hydrogen-bond acceptors (Lipinski definition) is 2. The van der Waals surface area contributed by atoms with Crippen molar-refractivity contribution >= 4 is 15.9 Å². The minimum absolute atomic E-state index is 0.00661. The van der Waals surface area contributed by atoms with Crippen molar-refractivity contribution in [1.82, 2.24) is 0 Å². The van der Waals surface area contributed by atoms with E-state index in [1.807, 2.05) is 25.1 Å². The van der Waals surface area contributed by atoms with Crippen LogP contribution in [0.15, 0.2) is 22.7 Å². The third-order valence-electron chi connectivity index (χ3n) is 3.47. The lowest BCUT2D eigenvalue weighted by atomic mass is 10.1. The third-order valence-corrected chi connectivity index (χ3v) is 3.96. The summed E-state index contributed by atoms with van der Waals surface area (Å²) in [5.74, 6) is 0.917. The summed E-state index contributed by atoms with van der Waals surface area (Å²) in [5.41, 5.74) is 7.05. The Labute approximate surface area is 132 Å². The molecular formula is C17H28BrNO. The molecule has 2 nitrogen and oxygen atoms in total. The van der Waals surface area contributed by atoms with E-state index in [0.29, 0.717) is 0 Å². The first-order valence-corrected chi connectivity index (χ1v) is 8.62. The van der Waals surface area contributed by atoms with Gasteiger partial charge in [-0.25, -0.2) is 0 Å². The van der Waals surface area contributed by atoms with Crippen LogP contribution in [0.25, 0.3) is 0 Å². The van der Waals surface area contributed by atoms with Gasteiger partial charge in [0.1, 0.15) is 5.75 Å². The molecule has 0 fully saturated rings. The number of ether oxygens (including phenoxy) is 1. The SMILES string of the molecule is CCCCCCCCCOc1cc(Br)ccc1[C@H](C)N. The van der Waals surface area contributed by atoms with Crippen molar-refractivity contribution in [3.8, 4) is 5.75 Å². The molecule has 0 saturated carbocycles. The Kier molecular flexibility index (Phi) is 8.95. The Bertz CT molecular complexity index is 379. The van der Waals surface area contributed by atoms with Gasteiger partial charge >= 0.3 is 0 Å². The molecule has 1 atom stereocenters. The van der Waals surface area contributed by atoms with Crippen molar-refractivity contribution in [2.75, 3.05) is 6.61 Å². The Hall–Kier alpha value is -0.540. The van der Waals surface area contributed by atoms with Crippen molar-refractivity contribution in [1.29, 1.82) is 0 Å². The van der Waals surface area contributed by atoms with Gasteiger partial charge in [0, 0.05) is 16.1 Å². The van der Waals surface area contributed by atoms with E-state index in [4.69, 9.17) is 10.5 Å². The minimum atomic E-state index is 0.00661. The van der Waals surface area contributed by atoms with Crippen LogP contribution in [-0.4, -0.2) is 6.61 Å². The number of nitrogens with two attached hydrogens (primary N) is 1. The molecule has 1 aromatic rings. The first-order chi connectivity index (χ1) is 9.65. The number of halogens is 1. The number of benzene rings is 1. The average molecular weight is 342 g/mol. The highest BCUT2D eigenvalue weighted by Gasteiger charge is 2.08. The van der Waals surface area contributed by atoms with E-state index in [0.717, 1.165) is 28.8 Å². The molecule has 0 unspecified atom stereocenters. The average Bonchev–Trinajstić information content (AvgIpc) is 2.41. The van der Waals surface area contributed by atoms with Gasteiger partial charge in [0.2, 0.25) is 0 Å². The second-order valence-electron chi connectivity index (χ2n) is 5.44. The number of rotatable bonds is 10. The largest absolute Gasteiger partial charge is 0.493 e. The predicted octanol–water partition coefficient (Wildman–Crippen LogP) is 5.60. The highest BCUT2D eigenvalue weighted by atomic mass is 79.9. The van der Waals surface area contributed by atoms with Gasteiger partial charge in [-0.3, -0.25) is 0 Å². The van der Waals surface area contributed by atoms with Gasteiger partial charge in [0.05, 0.1) is 6.61 Å². The molecule has 0 aliphatic heterocycles. The van der Waals surface area contributed by atoms with E-state index in [-0.39, 0.29) is 6.04 Å². The summed E-state index contributed by atoms with van der Waals surface area (Å²) in [6.07, 6.45) is 9.11. The van der Waals surface area contributed by atoms with Gasteiger partial charge in [0.15, 0.2) is 0 Å². The highest BCUT2D eigenvalue weighted by Crippen LogP contribution is 2.27. The van der Waals surface area contributed by atoms with Crippen molar-refractivity contribution in [2.45, 2.75) is 64.8 Å². The molecule has 0 spiro atoms. The second kappa shape index (κ2) is 10.2. The molecule has 0 heterocycles. The van der Waals surface area contributed by atoms with Crippen LogP contribution in [0.5, 0.6) is 5.75 Å². The lowest BCUT2D eigenvalue weighted by Crippen LogP contribution is -2.08. The topological polar surface area (TPSA) is 35.2 Å². The maximum atomic E-state index is 5.97. The fraction of sp³-hybridized carbons (Fsp3) is 0.647. The van der Waals surface area contributed by atoms with E-state index >= 15 is 0 Å². The van der Waals surface area contributed by atoms with E-state index < -0.39 is 0 Å². The third kappa shape index (κ3) is 6.76. The highest BCUT2D eigenvalue weighted by molar-refractivity contribution is 9.10. The molecule has 1 rings (SSSR count). The standard InChI is InChI=1S/C17H28BrNO/c1-3-4-5-6-7-8-9-12-20-17-13-15(18)10-11-16(17)14(2)19/h10-11,13-14H,3-9,12,19H2,1-2H3/t14-/m0/s1. The number of hydrogen-bond donors (Lipinski definition) is 1. The molecule has 0 aliphatic carbocycles. The summed E-state index contributed by atoms with van der Waals surface area (Å²) in [6.45, 7) is 5.02. The van der Waals surface area contributed by atoms with Crippen LogP contribution in [0.1, 0.15) is 70.4 Å². The predicted molar refractivity (Wildman–Crippen MR) is 90.2 cm³/mol. The normalized spacial score (nSPS) is 12.4. The minimum Gasteiger partial charge on any atom is -0.493 e. The zero-order valence-electron chi connectivity index (χ0n) is 12.8. The van der Waals surface area contributed by atoms with E-state index in [1.165, 1.54) is 38.5 Å². The first kappa shape index (κ1) is 17.5. The molecule has 3 heteroatoms. The summed E-state index contributed by atoms with van der Waals surface area (Å²) in [7, 11) is 0. The molecule has 20 heavy (non-hydrogen) atoms. The first-order valence-electron chi connectivity index (χ1n) is 7.83. The van der Waals surface area contributed by atoms with Crippen molar-refractivity contribution in [3.05, 3.63) is 28.2 Å². The lowest BCUT2D eigenvalue weighted by molar-refractivity contribution is 0.300. The Balaban J connectivity index is 2.26. The second-order valence-corrected chi connectivity index (χ2v) is 6.36. The van der Waals surface area contributed by atoms with Crippen LogP contribution in [0.2, 0.25) is 0 Å². The van der Waals surface area contributed by atoms with Gasteiger partial charge in [-0.1, -0.05) is 67.4 Å². The maximum absolute atomic E-state index is 5.97.